The Balaban J connectivity index is 2.13. The van der Waals surface area contributed by atoms with Gasteiger partial charge in [0.05, 0.1) is 0 Å². The Morgan fingerprint density at radius 1 is 1.41 bits per heavy atom. The second kappa shape index (κ2) is 5.43. The SMILES string of the molecule is Cc1ccc(F)c(C(CN)NC2CC=CC2)c1. The number of aryl methyl sites for hydroxylation is 1. The van der Waals surface area contributed by atoms with Crippen LogP contribution in [0.1, 0.15) is 30.0 Å². The van der Waals surface area contributed by atoms with Crippen LogP contribution in [0.4, 0.5) is 4.39 Å². The van der Waals surface area contributed by atoms with Crippen LogP contribution in [0.5, 0.6) is 0 Å². The average Bonchev–Trinajstić information content (AvgIpc) is 2.82. The Morgan fingerprint density at radius 2 is 2.12 bits per heavy atom. The molecule has 0 saturated carbocycles. The maximum atomic E-state index is 13.8. The van der Waals surface area contributed by atoms with Crippen molar-refractivity contribution in [2.45, 2.75) is 31.8 Å². The summed E-state index contributed by atoms with van der Waals surface area (Å²) < 4.78 is 13.8. The molecule has 0 aromatic heterocycles. The summed E-state index contributed by atoms with van der Waals surface area (Å²) in [6.07, 6.45) is 6.31. The van der Waals surface area contributed by atoms with E-state index in [4.69, 9.17) is 5.73 Å². The molecular weight excluding hydrogens is 215 g/mol. The molecule has 1 unspecified atom stereocenters. The molecule has 0 saturated heterocycles. The molecule has 1 aromatic rings. The smallest absolute Gasteiger partial charge is 0.128 e. The van der Waals surface area contributed by atoms with Gasteiger partial charge in [0, 0.05) is 24.2 Å². The second-order valence-corrected chi connectivity index (χ2v) is 4.62. The van der Waals surface area contributed by atoms with Crippen molar-refractivity contribution in [1.82, 2.24) is 5.32 Å². The van der Waals surface area contributed by atoms with Gasteiger partial charge >= 0.3 is 0 Å². The summed E-state index contributed by atoms with van der Waals surface area (Å²) in [6, 6.07) is 5.47. The van der Waals surface area contributed by atoms with Crippen molar-refractivity contribution in [3.05, 3.63) is 47.3 Å². The molecule has 3 heteroatoms. The minimum atomic E-state index is -0.176. The topological polar surface area (TPSA) is 38.0 Å². The van der Waals surface area contributed by atoms with Gasteiger partial charge in [0.15, 0.2) is 0 Å². The van der Waals surface area contributed by atoms with Gasteiger partial charge in [-0.1, -0.05) is 29.8 Å². The van der Waals surface area contributed by atoms with Gasteiger partial charge < -0.3 is 11.1 Å². The third kappa shape index (κ3) is 2.93. The number of rotatable bonds is 4. The Hall–Kier alpha value is -1.19. The van der Waals surface area contributed by atoms with Crippen LogP contribution in [-0.4, -0.2) is 12.6 Å². The maximum Gasteiger partial charge on any atom is 0.128 e. The minimum Gasteiger partial charge on any atom is -0.329 e. The Morgan fingerprint density at radius 3 is 2.76 bits per heavy atom. The van der Waals surface area contributed by atoms with Gasteiger partial charge in [-0.3, -0.25) is 0 Å². The van der Waals surface area contributed by atoms with E-state index in [-0.39, 0.29) is 11.9 Å². The predicted molar refractivity (Wildman–Crippen MR) is 68.2 cm³/mol. The standard InChI is InChI=1S/C14H19FN2/c1-10-6-7-13(15)12(8-10)14(9-16)17-11-4-2-3-5-11/h2-3,6-8,11,14,17H,4-5,9,16H2,1H3. The molecule has 0 amide bonds. The van der Waals surface area contributed by atoms with Crippen molar-refractivity contribution < 1.29 is 4.39 Å². The zero-order valence-corrected chi connectivity index (χ0v) is 10.1. The fourth-order valence-electron chi connectivity index (χ4n) is 2.25. The van der Waals surface area contributed by atoms with Crippen molar-refractivity contribution in [3.63, 3.8) is 0 Å². The first-order valence-electron chi connectivity index (χ1n) is 6.08. The number of hydrogen-bond acceptors (Lipinski definition) is 2. The lowest BCUT2D eigenvalue weighted by atomic mass is 10.0. The van der Waals surface area contributed by atoms with Crippen LogP contribution < -0.4 is 11.1 Å². The van der Waals surface area contributed by atoms with Crippen LogP contribution in [0.25, 0.3) is 0 Å². The molecule has 92 valence electrons. The molecule has 2 nitrogen and oxygen atoms in total. The van der Waals surface area contributed by atoms with E-state index in [0.717, 1.165) is 18.4 Å². The predicted octanol–water partition coefficient (Wildman–Crippen LogP) is 2.44. The molecule has 0 radical (unpaired) electrons. The van der Waals surface area contributed by atoms with E-state index in [1.807, 2.05) is 13.0 Å². The molecule has 3 N–H and O–H groups in total. The zero-order valence-electron chi connectivity index (χ0n) is 10.1. The molecule has 1 aromatic carbocycles. The molecule has 1 atom stereocenters. The highest BCUT2D eigenvalue weighted by Gasteiger charge is 2.19. The normalized spacial score (nSPS) is 17.6. The molecule has 0 bridgehead atoms. The molecule has 2 rings (SSSR count). The largest absolute Gasteiger partial charge is 0.329 e. The van der Waals surface area contributed by atoms with E-state index in [2.05, 4.69) is 17.5 Å². The fraction of sp³-hybridized carbons (Fsp3) is 0.429. The van der Waals surface area contributed by atoms with E-state index < -0.39 is 0 Å². The number of nitrogens with two attached hydrogens (primary N) is 1. The van der Waals surface area contributed by atoms with Crippen LogP contribution in [0.3, 0.4) is 0 Å². The van der Waals surface area contributed by atoms with Crippen LogP contribution in [0, 0.1) is 12.7 Å². The summed E-state index contributed by atoms with van der Waals surface area (Å²) in [7, 11) is 0. The molecule has 0 fully saturated rings. The van der Waals surface area contributed by atoms with Crippen LogP contribution in [0.15, 0.2) is 30.4 Å². The lowest BCUT2D eigenvalue weighted by Gasteiger charge is -2.22. The summed E-state index contributed by atoms with van der Waals surface area (Å²) in [5.41, 5.74) is 7.49. The third-order valence-electron chi connectivity index (χ3n) is 3.21. The van der Waals surface area contributed by atoms with Crippen LogP contribution >= 0.6 is 0 Å². The van der Waals surface area contributed by atoms with Gasteiger partial charge in [-0.2, -0.15) is 0 Å². The average molecular weight is 234 g/mol. The van der Waals surface area contributed by atoms with Crippen molar-refractivity contribution in [1.29, 1.82) is 0 Å². The van der Waals surface area contributed by atoms with Crippen LogP contribution in [0.2, 0.25) is 0 Å². The number of nitrogens with one attached hydrogen (secondary N) is 1. The zero-order chi connectivity index (χ0) is 12.3. The lowest BCUT2D eigenvalue weighted by Crippen LogP contribution is -2.35. The van der Waals surface area contributed by atoms with Crippen molar-refractivity contribution >= 4 is 0 Å². The van der Waals surface area contributed by atoms with Crippen LogP contribution in [-0.2, 0) is 0 Å². The molecule has 0 heterocycles. The maximum absolute atomic E-state index is 13.8. The van der Waals surface area contributed by atoms with E-state index in [1.54, 1.807) is 6.07 Å². The highest BCUT2D eigenvalue weighted by molar-refractivity contribution is 5.27. The van der Waals surface area contributed by atoms with Gasteiger partial charge in [-0.25, -0.2) is 4.39 Å². The first-order chi connectivity index (χ1) is 8.20. The highest BCUT2D eigenvalue weighted by Crippen LogP contribution is 2.21. The minimum absolute atomic E-state index is 0.0974. The summed E-state index contributed by atoms with van der Waals surface area (Å²) in [5, 5.41) is 3.42. The van der Waals surface area contributed by atoms with Gasteiger partial charge in [-0.05, 0) is 25.8 Å². The highest BCUT2D eigenvalue weighted by atomic mass is 19.1. The Labute approximate surface area is 102 Å². The van der Waals surface area contributed by atoms with E-state index >= 15 is 0 Å². The van der Waals surface area contributed by atoms with Gasteiger partial charge in [0.2, 0.25) is 0 Å². The molecule has 17 heavy (non-hydrogen) atoms. The summed E-state index contributed by atoms with van der Waals surface area (Å²) >= 11 is 0. The molecule has 0 spiro atoms. The van der Waals surface area contributed by atoms with E-state index in [9.17, 15) is 4.39 Å². The molecule has 1 aliphatic rings. The van der Waals surface area contributed by atoms with Gasteiger partial charge in [-0.15, -0.1) is 0 Å². The van der Waals surface area contributed by atoms with E-state index in [0.29, 0.717) is 18.2 Å². The van der Waals surface area contributed by atoms with Gasteiger partial charge in [0.25, 0.3) is 0 Å². The number of halogens is 1. The monoisotopic (exact) mass is 234 g/mol. The number of hydrogen-bond donors (Lipinski definition) is 2. The van der Waals surface area contributed by atoms with Crippen molar-refractivity contribution in [2.75, 3.05) is 6.54 Å². The lowest BCUT2D eigenvalue weighted by molar-refractivity contribution is 0.438. The first kappa shape index (κ1) is 12.3. The quantitative estimate of drug-likeness (QED) is 0.785. The van der Waals surface area contributed by atoms with Crippen molar-refractivity contribution in [3.8, 4) is 0 Å². The third-order valence-corrected chi connectivity index (χ3v) is 3.21. The summed E-state index contributed by atoms with van der Waals surface area (Å²) in [6.45, 7) is 2.38. The molecule has 1 aliphatic carbocycles. The Kier molecular flexibility index (Phi) is 3.92. The van der Waals surface area contributed by atoms with E-state index in [1.165, 1.54) is 6.07 Å². The number of benzene rings is 1. The Bertz CT molecular complexity index is 407. The second-order valence-electron chi connectivity index (χ2n) is 4.62. The fourth-order valence-corrected chi connectivity index (χ4v) is 2.25. The summed E-state index contributed by atoms with van der Waals surface area (Å²) in [4.78, 5) is 0. The molecular formula is C14H19FN2. The summed E-state index contributed by atoms with van der Waals surface area (Å²) in [5.74, 6) is -0.176. The first-order valence-corrected chi connectivity index (χ1v) is 6.08. The van der Waals surface area contributed by atoms with Gasteiger partial charge in [0.1, 0.15) is 5.82 Å². The van der Waals surface area contributed by atoms with Crippen molar-refractivity contribution in [2.24, 2.45) is 5.73 Å². The molecule has 0 aliphatic heterocycles.